The van der Waals surface area contributed by atoms with E-state index in [-0.39, 0.29) is 0 Å². The van der Waals surface area contributed by atoms with Crippen LogP contribution in [0.2, 0.25) is 0 Å². The van der Waals surface area contributed by atoms with Gasteiger partial charge in [-0.1, -0.05) is 30.3 Å². The monoisotopic (exact) mass is 280 g/mol. The molecule has 0 aliphatic carbocycles. The second-order valence-corrected chi connectivity index (χ2v) is 5.69. The number of rotatable bonds is 4. The van der Waals surface area contributed by atoms with Crippen LogP contribution >= 0.6 is 0 Å². The van der Waals surface area contributed by atoms with E-state index in [0.29, 0.717) is 5.69 Å². The van der Waals surface area contributed by atoms with Crippen LogP contribution in [0.1, 0.15) is 28.9 Å². The highest BCUT2D eigenvalue weighted by molar-refractivity contribution is 5.36. The van der Waals surface area contributed by atoms with E-state index in [1.54, 1.807) is 0 Å². The van der Waals surface area contributed by atoms with Gasteiger partial charge in [0.05, 0.1) is 0 Å². The Morgan fingerprint density at radius 2 is 2.10 bits per heavy atom. The molecule has 4 heteroatoms. The lowest BCUT2D eigenvalue weighted by molar-refractivity contribution is 0.307. The van der Waals surface area contributed by atoms with Gasteiger partial charge in [0, 0.05) is 37.3 Å². The summed E-state index contributed by atoms with van der Waals surface area (Å²) in [6.07, 6.45) is 3.10. The number of aryl methyl sites for hydroxylation is 2. The number of benzene rings is 1. The van der Waals surface area contributed by atoms with Gasteiger partial charge in [0.2, 0.25) is 0 Å². The van der Waals surface area contributed by atoms with Crippen LogP contribution in [-0.2, 0) is 25.9 Å². The highest BCUT2D eigenvalue weighted by Crippen LogP contribution is 2.21. The predicted octanol–water partition coefficient (Wildman–Crippen LogP) is 2.38. The van der Waals surface area contributed by atoms with Crippen molar-refractivity contribution in [3.8, 4) is 6.07 Å². The normalized spacial score (nSPS) is 14.7. The van der Waals surface area contributed by atoms with Gasteiger partial charge in [-0.25, -0.2) is 0 Å². The van der Waals surface area contributed by atoms with Crippen LogP contribution in [0, 0.1) is 11.3 Å². The van der Waals surface area contributed by atoms with Crippen molar-refractivity contribution in [2.24, 2.45) is 0 Å². The van der Waals surface area contributed by atoms with E-state index in [9.17, 15) is 5.26 Å². The first-order valence-corrected chi connectivity index (χ1v) is 7.49. The first-order valence-electron chi connectivity index (χ1n) is 7.49. The molecule has 0 saturated heterocycles. The fraction of sp³-hybridized carbons (Fsp3) is 0.412. The number of likely N-dealkylation sites (N-methyl/N-ethyl adjacent to an activating group) is 1. The summed E-state index contributed by atoms with van der Waals surface area (Å²) in [6.45, 7) is 2.78. The molecule has 1 aliphatic rings. The lowest BCUT2D eigenvalue weighted by Gasteiger charge is -2.23. The molecule has 21 heavy (non-hydrogen) atoms. The third-order valence-corrected chi connectivity index (χ3v) is 4.11. The molecule has 0 spiro atoms. The zero-order valence-corrected chi connectivity index (χ0v) is 12.4. The Morgan fingerprint density at radius 3 is 2.86 bits per heavy atom. The minimum Gasteiger partial charge on any atom is -0.302 e. The number of fused-ring (bicyclic) bond motifs is 1. The number of hydrogen-bond donors (Lipinski definition) is 0. The van der Waals surface area contributed by atoms with Gasteiger partial charge in [-0.3, -0.25) is 4.68 Å². The minimum absolute atomic E-state index is 0.608. The molecule has 0 atom stereocenters. The largest absolute Gasteiger partial charge is 0.302 e. The standard InChI is InChI=1S/C17H20N4/c1-20-11-9-17-15(13-20)16(12-18)19-21(17)10-5-8-14-6-3-2-4-7-14/h2-4,6-7H,5,8-11,13H2,1H3. The Labute approximate surface area is 125 Å². The van der Waals surface area contributed by atoms with Crippen LogP contribution in [0.3, 0.4) is 0 Å². The van der Waals surface area contributed by atoms with Crippen molar-refractivity contribution in [2.45, 2.75) is 32.4 Å². The summed E-state index contributed by atoms with van der Waals surface area (Å²) in [7, 11) is 2.09. The van der Waals surface area contributed by atoms with E-state index >= 15 is 0 Å². The van der Waals surface area contributed by atoms with Crippen molar-refractivity contribution in [1.29, 1.82) is 5.26 Å². The highest BCUT2D eigenvalue weighted by atomic mass is 15.3. The molecule has 0 saturated carbocycles. The Bertz CT molecular complexity index is 651. The van der Waals surface area contributed by atoms with Crippen molar-refractivity contribution < 1.29 is 0 Å². The van der Waals surface area contributed by atoms with Gasteiger partial charge in [-0.15, -0.1) is 0 Å². The quantitative estimate of drug-likeness (QED) is 0.863. The molecule has 0 fully saturated rings. The average Bonchev–Trinajstić information content (AvgIpc) is 2.85. The first-order chi connectivity index (χ1) is 10.3. The van der Waals surface area contributed by atoms with Crippen LogP contribution in [-0.4, -0.2) is 28.3 Å². The van der Waals surface area contributed by atoms with Gasteiger partial charge in [-0.2, -0.15) is 10.4 Å². The maximum absolute atomic E-state index is 9.25. The SMILES string of the molecule is CN1CCc2c(c(C#N)nn2CCCc2ccccc2)C1. The van der Waals surface area contributed by atoms with Gasteiger partial charge in [0.25, 0.3) is 0 Å². The van der Waals surface area contributed by atoms with Crippen molar-refractivity contribution in [3.63, 3.8) is 0 Å². The summed E-state index contributed by atoms with van der Waals surface area (Å²) in [4.78, 5) is 2.25. The molecular weight excluding hydrogens is 260 g/mol. The molecule has 2 heterocycles. The second kappa shape index (κ2) is 6.11. The molecule has 0 N–H and O–H groups in total. The third kappa shape index (κ3) is 2.98. The summed E-state index contributed by atoms with van der Waals surface area (Å²) < 4.78 is 2.06. The van der Waals surface area contributed by atoms with Crippen LogP contribution in [0.5, 0.6) is 0 Å². The third-order valence-electron chi connectivity index (χ3n) is 4.11. The summed E-state index contributed by atoms with van der Waals surface area (Å²) in [5.74, 6) is 0. The average molecular weight is 280 g/mol. The van der Waals surface area contributed by atoms with Crippen molar-refractivity contribution in [3.05, 3.63) is 52.8 Å². The van der Waals surface area contributed by atoms with Gasteiger partial charge < -0.3 is 4.90 Å². The predicted molar refractivity (Wildman–Crippen MR) is 81.7 cm³/mol. The molecular formula is C17H20N4. The molecule has 3 rings (SSSR count). The van der Waals surface area contributed by atoms with Crippen molar-refractivity contribution >= 4 is 0 Å². The van der Waals surface area contributed by atoms with Crippen molar-refractivity contribution in [1.82, 2.24) is 14.7 Å². The van der Waals surface area contributed by atoms with E-state index in [4.69, 9.17) is 0 Å². The minimum atomic E-state index is 0.608. The van der Waals surface area contributed by atoms with E-state index in [1.165, 1.54) is 11.3 Å². The molecule has 2 aromatic rings. The topological polar surface area (TPSA) is 44.9 Å². The number of nitrogens with zero attached hydrogens (tertiary/aromatic N) is 4. The molecule has 1 aromatic carbocycles. The summed E-state index contributed by atoms with van der Waals surface area (Å²) in [5, 5.41) is 13.8. The summed E-state index contributed by atoms with van der Waals surface area (Å²) in [5.41, 5.74) is 4.36. The van der Waals surface area contributed by atoms with Crippen LogP contribution in [0.25, 0.3) is 0 Å². The fourth-order valence-electron chi connectivity index (χ4n) is 2.98. The maximum Gasteiger partial charge on any atom is 0.167 e. The fourth-order valence-corrected chi connectivity index (χ4v) is 2.98. The maximum atomic E-state index is 9.25. The molecule has 1 aliphatic heterocycles. The molecule has 1 aromatic heterocycles. The van der Waals surface area contributed by atoms with Gasteiger partial charge in [0.1, 0.15) is 6.07 Å². The second-order valence-electron chi connectivity index (χ2n) is 5.69. The Balaban J connectivity index is 1.70. The lowest BCUT2D eigenvalue weighted by Crippen LogP contribution is -2.27. The van der Waals surface area contributed by atoms with Crippen molar-refractivity contribution in [2.75, 3.05) is 13.6 Å². The van der Waals surface area contributed by atoms with Gasteiger partial charge in [-0.05, 0) is 25.5 Å². The summed E-state index contributed by atoms with van der Waals surface area (Å²) >= 11 is 0. The Kier molecular flexibility index (Phi) is 4.03. The number of hydrogen-bond acceptors (Lipinski definition) is 3. The zero-order chi connectivity index (χ0) is 14.7. The first kappa shape index (κ1) is 13.8. The van der Waals surface area contributed by atoms with Gasteiger partial charge in [0.15, 0.2) is 5.69 Å². The molecule has 108 valence electrons. The molecule has 4 nitrogen and oxygen atoms in total. The van der Waals surface area contributed by atoms with Gasteiger partial charge >= 0.3 is 0 Å². The van der Waals surface area contributed by atoms with Crippen LogP contribution in [0.15, 0.2) is 30.3 Å². The zero-order valence-electron chi connectivity index (χ0n) is 12.4. The van der Waals surface area contributed by atoms with E-state index < -0.39 is 0 Å². The molecule has 0 bridgehead atoms. The van der Waals surface area contributed by atoms with E-state index in [0.717, 1.165) is 44.5 Å². The molecule has 0 amide bonds. The number of nitriles is 1. The molecule has 0 unspecified atom stereocenters. The highest BCUT2D eigenvalue weighted by Gasteiger charge is 2.22. The van der Waals surface area contributed by atoms with Crippen LogP contribution in [0.4, 0.5) is 0 Å². The van der Waals surface area contributed by atoms with E-state index in [1.807, 2.05) is 6.07 Å². The smallest absolute Gasteiger partial charge is 0.167 e. The lowest BCUT2D eigenvalue weighted by atomic mass is 10.1. The number of aromatic nitrogens is 2. The van der Waals surface area contributed by atoms with Crippen LogP contribution < -0.4 is 0 Å². The Morgan fingerprint density at radius 1 is 1.29 bits per heavy atom. The Hall–Kier alpha value is -2.12. The molecule has 0 radical (unpaired) electrons. The summed E-state index contributed by atoms with van der Waals surface area (Å²) in [6, 6.07) is 12.8. The van der Waals surface area contributed by atoms with E-state index in [2.05, 4.69) is 52.1 Å².